The molecule has 7 nitrogen and oxygen atoms in total. The van der Waals surface area contributed by atoms with Gasteiger partial charge in [0.2, 0.25) is 21.8 Å². The Kier molecular flexibility index (Phi) is 5.94. The summed E-state index contributed by atoms with van der Waals surface area (Å²) >= 11 is 0. The highest BCUT2D eigenvalue weighted by Gasteiger charge is 2.33. The summed E-state index contributed by atoms with van der Waals surface area (Å²) in [7, 11) is -4.19. The first-order chi connectivity index (χ1) is 13.7. The molecule has 0 aromatic heterocycles. The summed E-state index contributed by atoms with van der Waals surface area (Å²) in [6, 6.07) is 8.34. The number of hydrogen-bond acceptors (Lipinski definition) is 4. The molecule has 1 fully saturated rings. The number of nitrogens with two attached hydrogens (primary N) is 1. The molecule has 29 heavy (non-hydrogen) atoms. The maximum absolute atomic E-state index is 13.9. The Balaban J connectivity index is 1.63. The van der Waals surface area contributed by atoms with Crippen molar-refractivity contribution in [2.24, 2.45) is 11.7 Å². The smallest absolute Gasteiger partial charge is 0.248 e. The third-order valence-electron chi connectivity index (χ3n) is 4.77. The fourth-order valence-electron chi connectivity index (χ4n) is 3.13. The molecular formula is C19H19F2N3O4S. The van der Waals surface area contributed by atoms with Crippen LogP contribution in [0.5, 0.6) is 0 Å². The van der Waals surface area contributed by atoms with Crippen LogP contribution in [-0.4, -0.2) is 37.6 Å². The molecule has 3 rings (SSSR count). The van der Waals surface area contributed by atoms with Crippen LogP contribution in [0.4, 0.5) is 14.5 Å². The largest absolute Gasteiger partial charge is 0.366 e. The second-order valence-electron chi connectivity index (χ2n) is 6.68. The molecule has 0 aliphatic carbocycles. The number of hydrogen-bond donors (Lipinski definition) is 2. The zero-order valence-electron chi connectivity index (χ0n) is 15.3. The molecular weight excluding hydrogens is 404 g/mol. The van der Waals surface area contributed by atoms with Crippen molar-refractivity contribution >= 4 is 27.5 Å². The van der Waals surface area contributed by atoms with Crippen molar-refractivity contribution in [1.82, 2.24) is 4.31 Å². The lowest BCUT2D eigenvalue weighted by Gasteiger charge is -2.30. The number of nitrogens with zero attached hydrogens (tertiary/aromatic N) is 1. The van der Waals surface area contributed by atoms with Crippen molar-refractivity contribution in [3.8, 4) is 0 Å². The summed E-state index contributed by atoms with van der Waals surface area (Å²) in [5.41, 5.74) is 5.96. The quantitative estimate of drug-likeness (QED) is 0.767. The number of sulfonamides is 1. The average Bonchev–Trinajstić information content (AvgIpc) is 2.70. The summed E-state index contributed by atoms with van der Waals surface area (Å²) in [5.74, 6) is -3.17. The number of benzene rings is 2. The predicted molar refractivity (Wildman–Crippen MR) is 101 cm³/mol. The summed E-state index contributed by atoms with van der Waals surface area (Å²) < 4.78 is 53.5. The van der Waals surface area contributed by atoms with Gasteiger partial charge in [0.25, 0.3) is 0 Å². The molecule has 0 radical (unpaired) electrons. The lowest BCUT2D eigenvalue weighted by molar-refractivity contribution is -0.120. The second-order valence-corrected chi connectivity index (χ2v) is 8.59. The predicted octanol–water partition coefficient (Wildman–Crippen LogP) is 2.10. The Hall–Kier alpha value is -2.85. The van der Waals surface area contributed by atoms with Gasteiger partial charge in [-0.25, -0.2) is 17.2 Å². The van der Waals surface area contributed by atoms with Crippen LogP contribution in [0.25, 0.3) is 0 Å². The Morgan fingerprint density at radius 2 is 1.66 bits per heavy atom. The van der Waals surface area contributed by atoms with E-state index >= 15 is 0 Å². The number of piperidine rings is 1. The Morgan fingerprint density at radius 1 is 1.03 bits per heavy atom. The maximum Gasteiger partial charge on any atom is 0.248 e. The molecule has 2 aromatic carbocycles. The van der Waals surface area contributed by atoms with E-state index in [0.717, 1.165) is 16.4 Å². The Morgan fingerprint density at radius 3 is 2.24 bits per heavy atom. The van der Waals surface area contributed by atoms with E-state index in [9.17, 15) is 26.8 Å². The number of carbonyl (C=O) groups is 2. The van der Waals surface area contributed by atoms with Gasteiger partial charge in [-0.2, -0.15) is 4.31 Å². The summed E-state index contributed by atoms with van der Waals surface area (Å²) in [6.07, 6.45) is 0.475. The summed E-state index contributed by atoms with van der Waals surface area (Å²) in [5, 5.41) is 2.71. The summed E-state index contributed by atoms with van der Waals surface area (Å²) in [6.45, 7) is 0.0218. The highest BCUT2D eigenvalue weighted by atomic mass is 32.2. The normalized spacial score (nSPS) is 15.8. The molecule has 2 amide bonds. The minimum absolute atomic E-state index is 0.0109. The Labute approximate surface area is 166 Å². The Bertz CT molecular complexity index is 1030. The van der Waals surface area contributed by atoms with Crippen molar-refractivity contribution < 1.29 is 26.8 Å². The van der Waals surface area contributed by atoms with Crippen LogP contribution >= 0.6 is 0 Å². The molecule has 0 spiro atoms. The number of nitrogens with one attached hydrogen (secondary N) is 1. The SMILES string of the molecule is NC(=O)c1ccc(NC(=O)C2CCN(S(=O)(=O)c3cc(F)ccc3F)CC2)cc1. The molecule has 1 aliphatic rings. The van der Waals surface area contributed by atoms with Crippen LogP contribution in [-0.2, 0) is 14.8 Å². The van der Waals surface area contributed by atoms with Crippen LogP contribution in [0.15, 0.2) is 47.4 Å². The van der Waals surface area contributed by atoms with Crippen molar-refractivity contribution in [2.75, 3.05) is 18.4 Å². The van der Waals surface area contributed by atoms with Gasteiger partial charge in [-0.3, -0.25) is 9.59 Å². The highest BCUT2D eigenvalue weighted by Crippen LogP contribution is 2.26. The first-order valence-electron chi connectivity index (χ1n) is 8.84. The molecule has 0 bridgehead atoms. The number of amides is 2. The van der Waals surface area contributed by atoms with E-state index in [-0.39, 0.29) is 31.8 Å². The van der Waals surface area contributed by atoms with Crippen molar-refractivity contribution in [3.63, 3.8) is 0 Å². The topological polar surface area (TPSA) is 110 Å². The molecule has 2 aromatic rings. The van der Waals surface area contributed by atoms with Crippen LogP contribution < -0.4 is 11.1 Å². The van der Waals surface area contributed by atoms with Crippen LogP contribution in [0.3, 0.4) is 0 Å². The third kappa shape index (κ3) is 4.60. The monoisotopic (exact) mass is 423 g/mol. The zero-order valence-corrected chi connectivity index (χ0v) is 16.1. The van der Waals surface area contributed by atoms with Gasteiger partial charge in [0, 0.05) is 30.3 Å². The maximum atomic E-state index is 13.9. The van der Waals surface area contributed by atoms with Gasteiger partial charge in [0.1, 0.15) is 16.5 Å². The fourth-order valence-corrected chi connectivity index (χ4v) is 4.68. The lowest BCUT2D eigenvalue weighted by atomic mass is 9.97. The van der Waals surface area contributed by atoms with E-state index < -0.39 is 38.4 Å². The first-order valence-corrected chi connectivity index (χ1v) is 10.3. The lowest BCUT2D eigenvalue weighted by Crippen LogP contribution is -2.41. The molecule has 0 unspecified atom stereocenters. The van der Waals surface area contributed by atoms with Gasteiger partial charge >= 0.3 is 0 Å². The molecule has 154 valence electrons. The van der Waals surface area contributed by atoms with Crippen molar-refractivity contribution in [2.45, 2.75) is 17.7 Å². The molecule has 10 heteroatoms. The van der Waals surface area contributed by atoms with Gasteiger partial charge in [0.05, 0.1) is 0 Å². The van der Waals surface area contributed by atoms with E-state index in [4.69, 9.17) is 5.73 Å². The van der Waals surface area contributed by atoms with E-state index in [0.29, 0.717) is 17.3 Å². The number of carbonyl (C=O) groups excluding carboxylic acids is 2. The number of halogens is 2. The molecule has 1 aliphatic heterocycles. The van der Waals surface area contributed by atoms with Gasteiger partial charge in [-0.15, -0.1) is 0 Å². The summed E-state index contributed by atoms with van der Waals surface area (Å²) in [4.78, 5) is 22.8. The third-order valence-corrected chi connectivity index (χ3v) is 6.69. The zero-order chi connectivity index (χ0) is 21.2. The molecule has 0 saturated carbocycles. The van der Waals surface area contributed by atoms with Gasteiger partial charge in [-0.05, 0) is 55.3 Å². The molecule has 1 saturated heterocycles. The van der Waals surface area contributed by atoms with E-state index in [1.807, 2.05) is 0 Å². The van der Waals surface area contributed by atoms with E-state index in [1.54, 1.807) is 12.1 Å². The van der Waals surface area contributed by atoms with Crippen LogP contribution in [0.1, 0.15) is 23.2 Å². The average molecular weight is 423 g/mol. The van der Waals surface area contributed by atoms with Crippen LogP contribution in [0.2, 0.25) is 0 Å². The molecule has 1 heterocycles. The number of primary amides is 1. The van der Waals surface area contributed by atoms with Crippen molar-refractivity contribution in [3.05, 3.63) is 59.7 Å². The second kappa shape index (κ2) is 8.26. The van der Waals surface area contributed by atoms with Gasteiger partial charge in [-0.1, -0.05) is 0 Å². The minimum atomic E-state index is -4.19. The number of rotatable bonds is 5. The first kappa shape index (κ1) is 20.9. The highest BCUT2D eigenvalue weighted by molar-refractivity contribution is 7.89. The fraction of sp³-hybridized carbons (Fsp3) is 0.263. The van der Waals surface area contributed by atoms with E-state index in [2.05, 4.69) is 5.32 Å². The van der Waals surface area contributed by atoms with Crippen LogP contribution in [0, 0.1) is 17.6 Å². The van der Waals surface area contributed by atoms with E-state index in [1.165, 1.54) is 12.1 Å². The minimum Gasteiger partial charge on any atom is -0.366 e. The number of anilines is 1. The van der Waals surface area contributed by atoms with Gasteiger partial charge < -0.3 is 11.1 Å². The molecule has 0 atom stereocenters. The van der Waals surface area contributed by atoms with Crippen molar-refractivity contribution in [1.29, 1.82) is 0 Å². The van der Waals surface area contributed by atoms with Gasteiger partial charge in [0.15, 0.2) is 0 Å². The molecule has 3 N–H and O–H groups in total. The standard InChI is InChI=1S/C19H19F2N3O4S/c20-14-3-6-16(21)17(11-14)29(27,28)24-9-7-13(8-10-24)19(26)23-15-4-1-12(2-5-15)18(22)25/h1-6,11,13H,7-10H2,(H2,22,25)(H,23,26).